The molecule has 1 N–H and O–H groups in total. The summed E-state index contributed by atoms with van der Waals surface area (Å²) in [7, 11) is 0.551. The van der Waals surface area contributed by atoms with E-state index in [9.17, 15) is 13.0 Å². The lowest BCUT2D eigenvalue weighted by atomic mass is 10.0. The number of benzene rings is 1. The van der Waals surface area contributed by atoms with Gasteiger partial charge in [0, 0.05) is 16.7 Å². The van der Waals surface area contributed by atoms with Crippen molar-refractivity contribution in [3.63, 3.8) is 0 Å². The Morgan fingerprint density at radius 3 is 2.73 bits per heavy atom. The van der Waals surface area contributed by atoms with E-state index in [4.69, 9.17) is 0 Å². The number of nitrogens with one attached hydrogen (secondary N) is 1. The summed E-state index contributed by atoms with van der Waals surface area (Å²) in [5, 5.41) is 3.00. The summed E-state index contributed by atoms with van der Waals surface area (Å²) in [4.78, 5) is 0.416. The molecule has 0 saturated carbocycles. The van der Waals surface area contributed by atoms with E-state index < -0.39 is 22.4 Å². The molecule has 5 heteroatoms. The van der Waals surface area contributed by atoms with Gasteiger partial charge in [0.1, 0.15) is 0 Å². The van der Waals surface area contributed by atoms with Crippen molar-refractivity contribution in [2.75, 3.05) is 12.8 Å². The Morgan fingerprint density at radius 1 is 1.40 bits per heavy atom. The summed E-state index contributed by atoms with van der Waals surface area (Å²) in [5.74, 6) is -1.32. The SMILES string of the molecule is CNC1CCS(=O)c2cc(F)c(F)cc21. The van der Waals surface area contributed by atoms with Gasteiger partial charge in [-0.15, -0.1) is 0 Å². The van der Waals surface area contributed by atoms with E-state index in [1.807, 2.05) is 0 Å². The van der Waals surface area contributed by atoms with E-state index >= 15 is 0 Å². The van der Waals surface area contributed by atoms with Gasteiger partial charge in [-0.05, 0) is 31.2 Å². The van der Waals surface area contributed by atoms with Gasteiger partial charge in [-0.2, -0.15) is 0 Å². The maximum Gasteiger partial charge on any atom is 0.160 e. The molecule has 2 rings (SSSR count). The fourth-order valence-electron chi connectivity index (χ4n) is 1.80. The normalized spacial score (nSPS) is 25.0. The van der Waals surface area contributed by atoms with E-state index in [2.05, 4.69) is 5.32 Å². The number of fused-ring (bicyclic) bond motifs is 1. The molecular weight excluding hydrogens is 220 g/mol. The topological polar surface area (TPSA) is 29.1 Å². The molecule has 0 bridgehead atoms. The van der Waals surface area contributed by atoms with Gasteiger partial charge >= 0.3 is 0 Å². The number of halogens is 2. The van der Waals surface area contributed by atoms with Crippen LogP contribution in [0.15, 0.2) is 17.0 Å². The van der Waals surface area contributed by atoms with Crippen LogP contribution in [0.25, 0.3) is 0 Å². The Balaban J connectivity index is 2.57. The van der Waals surface area contributed by atoms with E-state index in [0.29, 0.717) is 22.6 Å². The first-order chi connectivity index (χ1) is 7.13. The molecule has 0 radical (unpaired) electrons. The quantitative estimate of drug-likeness (QED) is 0.797. The largest absolute Gasteiger partial charge is 0.313 e. The molecule has 1 aliphatic rings. The lowest BCUT2D eigenvalue weighted by Gasteiger charge is -2.24. The minimum absolute atomic E-state index is 0.0344. The predicted octanol–water partition coefficient (Wildman–Crippen LogP) is 1.74. The molecule has 0 fully saturated rings. The van der Waals surface area contributed by atoms with Gasteiger partial charge in [-0.1, -0.05) is 0 Å². The molecule has 1 aliphatic heterocycles. The molecule has 82 valence electrons. The Morgan fingerprint density at radius 2 is 2.07 bits per heavy atom. The molecule has 2 nitrogen and oxygen atoms in total. The average molecular weight is 231 g/mol. The summed E-state index contributed by atoms with van der Waals surface area (Å²) in [6.45, 7) is 0. The van der Waals surface area contributed by atoms with Crippen molar-refractivity contribution in [2.24, 2.45) is 0 Å². The first-order valence-electron chi connectivity index (χ1n) is 4.68. The second-order valence-corrected chi connectivity index (χ2v) is 5.02. The van der Waals surface area contributed by atoms with Crippen molar-refractivity contribution < 1.29 is 13.0 Å². The first kappa shape index (κ1) is 10.7. The highest BCUT2D eigenvalue weighted by Gasteiger charge is 2.25. The van der Waals surface area contributed by atoms with Crippen LogP contribution < -0.4 is 5.32 Å². The van der Waals surface area contributed by atoms with Crippen molar-refractivity contribution >= 4 is 10.8 Å². The summed E-state index contributed by atoms with van der Waals surface area (Å²) in [6.07, 6.45) is 0.682. The van der Waals surface area contributed by atoms with Crippen LogP contribution in [-0.2, 0) is 10.8 Å². The van der Waals surface area contributed by atoms with Crippen molar-refractivity contribution in [2.45, 2.75) is 17.4 Å². The highest BCUT2D eigenvalue weighted by molar-refractivity contribution is 7.85. The average Bonchev–Trinajstić information content (AvgIpc) is 2.22. The minimum atomic E-state index is -1.20. The molecule has 2 unspecified atom stereocenters. The van der Waals surface area contributed by atoms with Crippen LogP contribution >= 0.6 is 0 Å². The zero-order valence-electron chi connectivity index (χ0n) is 8.22. The molecule has 0 saturated heterocycles. The molecule has 1 aromatic carbocycles. The van der Waals surface area contributed by atoms with Gasteiger partial charge in [0.2, 0.25) is 0 Å². The van der Waals surface area contributed by atoms with Crippen LogP contribution in [0.5, 0.6) is 0 Å². The fourth-order valence-corrected chi connectivity index (χ4v) is 3.17. The Kier molecular flexibility index (Phi) is 2.84. The summed E-state index contributed by atoms with van der Waals surface area (Å²) >= 11 is 0. The highest BCUT2D eigenvalue weighted by atomic mass is 32.2. The van der Waals surface area contributed by atoms with Crippen molar-refractivity contribution in [3.8, 4) is 0 Å². The predicted molar refractivity (Wildman–Crippen MR) is 54.1 cm³/mol. The maximum atomic E-state index is 13.0. The molecule has 15 heavy (non-hydrogen) atoms. The molecular formula is C10H11F2NOS. The molecule has 1 aromatic rings. The van der Waals surface area contributed by atoms with E-state index in [-0.39, 0.29) is 6.04 Å². The van der Waals surface area contributed by atoms with Crippen LogP contribution in [0.3, 0.4) is 0 Å². The number of hydrogen-bond acceptors (Lipinski definition) is 2. The van der Waals surface area contributed by atoms with Gasteiger partial charge in [0.05, 0.1) is 10.8 Å². The lowest BCUT2D eigenvalue weighted by Crippen LogP contribution is -2.25. The molecule has 0 aliphatic carbocycles. The van der Waals surface area contributed by atoms with Crippen LogP contribution in [0.1, 0.15) is 18.0 Å². The molecule has 1 heterocycles. The number of hydrogen-bond donors (Lipinski definition) is 1. The maximum absolute atomic E-state index is 13.0. The molecule has 0 amide bonds. The van der Waals surface area contributed by atoms with Crippen molar-refractivity contribution in [1.82, 2.24) is 5.32 Å². The zero-order chi connectivity index (χ0) is 11.0. The van der Waals surface area contributed by atoms with Gasteiger partial charge in [0.25, 0.3) is 0 Å². The monoisotopic (exact) mass is 231 g/mol. The molecule has 2 atom stereocenters. The van der Waals surface area contributed by atoms with Gasteiger partial charge in [0.15, 0.2) is 11.6 Å². The van der Waals surface area contributed by atoms with Gasteiger partial charge < -0.3 is 5.32 Å². The number of rotatable bonds is 1. The van der Waals surface area contributed by atoms with Crippen LogP contribution in [0, 0.1) is 11.6 Å². The second kappa shape index (κ2) is 3.98. The Labute approximate surface area is 89.1 Å². The van der Waals surface area contributed by atoms with Crippen LogP contribution in [-0.4, -0.2) is 17.0 Å². The Hall–Kier alpha value is -0.810. The van der Waals surface area contributed by atoms with E-state index in [0.717, 1.165) is 12.1 Å². The van der Waals surface area contributed by atoms with Crippen LogP contribution in [0.4, 0.5) is 8.78 Å². The summed E-state index contributed by atoms with van der Waals surface area (Å²) < 4.78 is 37.6. The van der Waals surface area contributed by atoms with E-state index in [1.54, 1.807) is 7.05 Å². The van der Waals surface area contributed by atoms with E-state index in [1.165, 1.54) is 0 Å². The lowest BCUT2D eigenvalue weighted by molar-refractivity contribution is 0.490. The fraction of sp³-hybridized carbons (Fsp3) is 0.400. The third-order valence-corrected chi connectivity index (χ3v) is 4.06. The zero-order valence-corrected chi connectivity index (χ0v) is 9.04. The first-order valence-corrected chi connectivity index (χ1v) is 6.00. The summed E-state index contributed by atoms with van der Waals surface area (Å²) in [6, 6.07) is 2.15. The van der Waals surface area contributed by atoms with Crippen LogP contribution in [0.2, 0.25) is 0 Å². The standard InChI is InChI=1S/C10H11F2NOS/c1-13-9-2-3-15(14)10-5-8(12)7(11)4-6(9)10/h4-5,9,13H,2-3H2,1H3. The van der Waals surface area contributed by atoms with Gasteiger partial charge in [-0.3, -0.25) is 4.21 Å². The minimum Gasteiger partial charge on any atom is -0.313 e. The summed E-state index contributed by atoms with van der Waals surface area (Å²) in [5.41, 5.74) is 0.612. The van der Waals surface area contributed by atoms with Crippen molar-refractivity contribution in [1.29, 1.82) is 0 Å². The Bertz CT molecular complexity index is 422. The second-order valence-electron chi connectivity index (χ2n) is 3.48. The van der Waals surface area contributed by atoms with Crippen molar-refractivity contribution in [3.05, 3.63) is 29.3 Å². The molecule has 0 aromatic heterocycles. The highest BCUT2D eigenvalue weighted by Crippen LogP contribution is 2.31. The molecule has 0 spiro atoms. The smallest absolute Gasteiger partial charge is 0.160 e. The third kappa shape index (κ3) is 1.81. The van der Waals surface area contributed by atoms with Gasteiger partial charge in [-0.25, -0.2) is 8.78 Å². The third-order valence-electron chi connectivity index (χ3n) is 2.61.